The molecule has 1 rings (SSSR count). The summed E-state index contributed by atoms with van der Waals surface area (Å²) in [7, 11) is 0. The normalized spacial score (nSPS) is 7.70. The summed E-state index contributed by atoms with van der Waals surface area (Å²) in [5.74, 6) is 6.05. The van der Waals surface area contributed by atoms with Crippen LogP contribution in [0.1, 0.15) is 5.82 Å². The molecule has 4 heteroatoms. The predicted octanol–water partition coefficient (Wildman–Crippen LogP) is 0.0669. The first kappa shape index (κ1) is 7.17. The molecule has 0 unspecified atom stereocenters. The van der Waals surface area contributed by atoms with Gasteiger partial charge in [-0.1, -0.05) is 0 Å². The standard InChI is InChI=1S/C6H5BN2S/c10-7-3-2-6-8-4-1-5-9-6/h1,4-5,7,10H. The second-order valence-electron chi connectivity index (χ2n) is 1.53. The van der Waals surface area contributed by atoms with Gasteiger partial charge >= 0.3 is 0 Å². The van der Waals surface area contributed by atoms with Gasteiger partial charge in [-0.15, -0.1) is 5.82 Å². The highest BCUT2D eigenvalue weighted by Crippen LogP contribution is 1.81. The molecular formula is C6H5BN2S. The molecule has 0 bridgehead atoms. The van der Waals surface area contributed by atoms with E-state index in [0.717, 1.165) is 0 Å². The molecule has 0 atom stereocenters. The topological polar surface area (TPSA) is 25.8 Å². The van der Waals surface area contributed by atoms with Crippen LogP contribution in [-0.2, 0) is 0 Å². The van der Waals surface area contributed by atoms with Crippen molar-refractivity contribution in [3.63, 3.8) is 0 Å². The van der Waals surface area contributed by atoms with Crippen LogP contribution in [0.25, 0.3) is 0 Å². The molecule has 0 aliphatic rings. The van der Waals surface area contributed by atoms with Gasteiger partial charge in [0.1, 0.15) is 0 Å². The van der Waals surface area contributed by atoms with Crippen LogP contribution in [0.15, 0.2) is 18.5 Å². The molecule has 0 aliphatic heterocycles. The minimum atomic E-state index is 0.540. The molecule has 0 amide bonds. The highest BCUT2D eigenvalue weighted by atomic mass is 32.1. The van der Waals surface area contributed by atoms with Crippen molar-refractivity contribution in [1.29, 1.82) is 0 Å². The van der Waals surface area contributed by atoms with Crippen molar-refractivity contribution >= 4 is 19.0 Å². The zero-order chi connectivity index (χ0) is 7.23. The van der Waals surface area contributed by atoms with E-state index < -0.39 is 0 Å². The van der Waals surface area contributed by atoms with Gasteiger partial charge in [-0.2, -0.15) is 0 Å². The lowest BCUT2D eigenvalue weighted by Crippen LogP contribution is -1.84. The van der Waals surface area contributed by atoms with E-state index in [4.69, 9.17) is 0 Å². The zero-order valence-electron chi connectivity index (χ0n) is 5.28. The maximum atomic E-state index is 3.92. The molecule has 0 saturated carbocycles. The van der Waals surface area contributed by atoms with Gasteiger partial charge in [0, 0.05) is 12.4 Å². The van der Waals surface area contributed by atoms with Gasteiger partial charge in [-0.25, -0.2) is 22.4 Å². The van der Waals surface area contributed by atoms with Crippen LogP contribution in [0.2, 0.25) is 0 Å². The summed E-state index contributed by atoms with van der Waals surface area (Å²) >= 11 is 3.92. The van der Waals surface area contributed by atoms with E-state index in [1.165, 1.54) is 0 Å². The van der Waals surface area contributed by atoms with Crippen molar-refractivity contribution in [1.82, 2.24) is 9.97 Å². The molecule has 0 fully saturated rings. The SMILES string of the molecule is SBC#Cc1ncccn1. The quantitative estimate of drug-likeness (QED) is 0.320. The average molecular weight is 148 g/mol. The molecule has 0 aromatic carbocycles. The van der Waals surface area contributed by atoms with Crippen LogP contribution in [0.3, 0.4) is 0 Å². The summed E-state index contributed by atoms with van der Waals surface area (Å²) in [6.07, 6.45) is 3.32. The number of hydrogen-bond acceptors (Lipinski definition) is 3. The minimum Gasteiger partial charge on any atom is -0.229 e. The zero-order valence-corrected chi connectivity index (χ0v) is 6.18. The highest BCUT2D eigenvalue weighted by Gasteiger charge is 1.82. The summed E-state index contributed by atoms with van der Waals surface area (Å²) < 4.78 is 0. The Hall–Kier alpha value is -0.945. The fourth-order valence-corrected chi connectivity index (χ4v) is 0.561. The van der Waals surface area contributed by atoms with Gasteiger partial charge in [0.25, 0.3) is 6.56 Å². The van der Waals surface area contributed by atoms with E-state index in [2.05, 4.69) is 34.2 Å². The molecule has 2 nitrogen and oxygen atoms in total. The molecule has 0 saturated heterocycles. The van der Waals surface area contributed by atoms with E-state index in [0.29, 0.717) is 12.4 Å². The van der Waals surface area contributed by atoms with Crippen LogP contribution < -0.4 is 0 Å². The monoisotopic (exact) mass is 148 g/mol. The van der Waals surface area contributed by atoms with Crippen molar-refractivity contribution in [2.75, 3.05) is 0 Å². The van der Waals surface area contributed by atoms with Crippen molar-refractivity contribution < 1.29 is 0 Å². The smallest absolute Gasteiger partial charge is 0.229 e. The lowest BCUT2D eigenvalue weighted by atomic mass is 10.1. The summed E-state index contributed by atoms with van der Waals surface area (Å²) in [5.41, 5.74) is 0. The van der Waals surface area contributed by atoms with Gasteiger partial charge in [0.2, 0.25) is 5.82 Å². The maximum Gasteiger partial charge on any atom is 0.275 e. The number of hydrogen-bond donors (Lipinski definition) is 1. The van der Waals surface area contributed by atoms with Crippen LogP contribution in [0.5, 0.6) is 0 Å². The van der Waals surface area contributed by atoms with Gasteiger partial charge < -0.3 is 0 Å². The maximum absolute atomic E-state index is 3.92. The first-order valence-electron chi connectivity index (χ1n) is 2.80. The number of aromatic nitrogens is 2. The number of thiol groups is 1. The van der Waals surface area contributed by atoms with Crippen LogP contribution in [-0.4, -0.2) is 16.5 Å². The Morgan fingerprint density at radius 2 is 2.10 bits per heavy atom. The van der Waals surface area contributed by atoms with E-state index in [1.807, 2.05) is 0 Å². The Balaban J connectivity index is 2.76. The Kier molecular flexibility index (Phi) is 2.84. The molecule has 0 spiro atoms. The summed E-state index contributed by atoms with van der Waals surface area (Å²) in [5, 5.41) is 0. The lowest BCUT2D eigenvalue weighted by Gasteiger charge is -1.82. The van der Waals surface area contributed by atoms with Crippen LogP contribution >= 0.6 is 12.5 Å². The van der Waals surface area contributed by atoms with Gasteiger partial charge in [0.05, 0.1) is 0 Å². The third kappa shape index (κ3) is 2.12. The van der Waals surface area contributed by atoms with Gasteiger partial charge in [0.15, 0.2) is 0 Å². The number of rotatable bonds is 0. The Bertz CT molecular complexity index is 251. The minimum absolute atomic E-state index is 0.540. The van der Waals surface area contributed by atoms with E-state index in [-0.39, 0.29) is 0 Å². The molecule has 0 N–H and O–H groups in total. The van der Waals surface area contributed by atoms with Gasteiger partial charge in [-0.05, 0) is 12.0 Å². The van der Waals surface area contributed by atoms with Crippen molar-refractivity contribution in [2.24, 2.45) is 0 Å². The Labute approximate surface area is 65.6 Å². The van der Waals surface area contributed by atoms with Crippen molar-refractivity contribution in [2.45, 2.75) is 0 Å². The molecule has 1 heterocycles. The first-order chi connectivity index (χ1) is 4.93. The van der Waals surface area contributed by atoms with Crippen LogP contribution in [0.4, 0.5) is 0 Å². The Morgan fingerprint density at radius 1 is 1.40 bits per heavy atom. The Morgan fingerprint density at radius 3 is 2.70 bits per heavy atom. The molecular weight excluding hydrogens is 143 g/mol. The van der Waals surface area contributed by atoms with Crippen molar-refractivity contribution in [3.05, 3.63) is 24.3 Å². The second kappa shape index (κ2) is 3.97. The van der Waals surface area contributed by atoms with E-state index in [1.54, 1.807) is 18.5 Å². The first-order valence-corrected chi connectivity index (χ1v) is 3.43. The predicted molar refractivity (Wildman–Crippen MR) is 45.0 cm³/mol. The van der Waals surface area contributed by atoms with Crippen LogP contribution in [0, 0.1) is 11.7 Å². The van der Waals surface area contributed by atoms with Crippen molar-refractivity contribution in [3.8, 4) is 11.7 Å². The molecule has 48 valence electrons. The third-order valence-electron chi connectivity index (χ3n) is 0.845. The van der Waals surface area contributed by atoms with Gasteiger partial charge in [-0.3, -0.25) is 0 Å². The third-order valence-corrected chi connectivity index (χ3v) is 1.00. The lowest BCUT2D eigenvalue weighted by molar-refractivity contribution is 1.13. The number of nitrogens with zero attached hydrogens (tertiary/aromatic N) is 2. The second-order valence-corrected chi connectivity index (χ2v) is 1.85. The molecule has 1 aromatic rings. The summed E-state index contributed by atoms with van der Waals surface area (Å²) in [6, 6.07) is 1.76. The summed E-state index contributed by atoms with van der Waals surface area (Å²) in [6.45, 7) is 0.540. The molecule has 10 heavy (non-hydrogen) atoms. The fourth-order valence-electron chi connectivity index (χ4n) is 0.482. The molecule has 0 radical (unpaired) electrons. The highest BCUT2D eigenvalue weighted by molar-refractivity contribution is 8.07. The fraction of sp³-hybridized carbons (Fsp3) is 0. The summed E-state index contributed by atoms with van der Waals surface area (Å²) in [4.78, 5) is 7.80. The largest absolute Gasteiger partial charge is 0.275 e. The van der Waals surface area contributed by atoms with E-state index in [9.17, 15) is 0 Å². The molecule has 0 aliphatic carbocycles. The molecule has 1 aromatic heterocycles. The van der Waals surface area contributed by atoms with E-state index >= 15 is 0 Å². The average Bonchev–Trinajstić information content (AvgIpc) is 2.03.